The highest BCUT2D eigenvalue weighted by molar-refractivity contribution is 7.45. The van der Waals surface area contributed by atoms with Gasteiger partial charge in [0.1, 0.15) is 19.3 Å². The van der Waals surface area contributed by atoms with Crippen LogP contribution in [0.2, 0.25) is 0 Å². The monoisotopic (exact) mass is 1140 g/mol. The van der Waals surface area contributed by atoms with Gasteiger partial charge in [-0.2, -0.15) is 0 Å². The number of quaternary nitrogens is 1. The number of hydrogen-bond donors (Lipinski definition) is 1. The Morgan fingerprint density at radius 2 is 0.762 bits per heavy atom. The first-order chi connectivity index (χ1) is 38.9. The van der Waals surface area contributed by atoms with Crippen molar-refractivity contribution in [3.8, 4) is 0 Å². The predicted molar refractivity (Wildman–Crippen MR) is 344 cm³/mol. The van der Waals surface area contributed by atoms with Crippen LogP contribution in [-0.4, -0.2) is 69.4 Å². The molecule has 1 amide bonds. The third kappa shape index (κ3) is 60.6. The van der Waals surface area contributed by atoms with Crippen molar-refractivity contribution >= 4 is 19.7 Å². The van der Waals surface area contributed by atoms with Gasteiger partial charge in [0.15, 0.2) is 0 Å². The van der Waals surface area contributed by atoms with E-state index in [1.807, 2.05) is 33.3 Å². The summed E-state index contributed by atoms with van der Waals surface area (Å²) in [4.78, 5) is 40.1. The van der Waals surface area contributed by atoms with Crippen molar-refractivity contribution in [1.29, 1.82) is 0 Å². The van der Waals surface area contributed by atoms with E-state index in [4.69, 9.17) is 13.8 Å². The highest BCUT2D eigenvalue weighted by Gasteiger charge is 2.27. The lowest BCUT2D eigenvalue weighted by molar-refractivity contribution is -0.870. The van der Waals surface area contributed by atoms with Crippen LogP contribution in [0.4, 0.5) is 0 Å². The van der Waals surface area contributed by atoms with Crippen LogP contribution in [0.15, 0.2) is 48.6 Å². The summed E-state index contributed by atoms with van der Waals surface area (Å²) in [6, 6.07) is -0.890. The molecular weight excluding hydrogens is 1010 g/mol. The Balaban J connectivity index is 5.12. The van der Waals surface area contributed by atoms with E-state index in [1.165, 1.54) is 218 Å². The molecule has 0 saturated heterocycles. The molecule has 3 atom stereocenters. The van der Waals surface area contributed by atoms with E-state index < -0.39 is 20.0 Å². The normalized spacial score (nSPS) is 13.8. The number of nitrogens with zero attached hydrogens (tertiary/aromatic N) is 1. The summed E-state index contributed by atoms with van der Waals surface area (Å²) in [7, 11) is 1.19. The second-order valence-electron chi connectivity index (χ2n) is 24.7. The number of esters is 1. The number of phosphoric ester groups is 1. The number of allylic oxidation sites excluding steroid dienone is 7. The van der Waals surface area contributed by atoms with E-state index in [-0.39, 0.29) is 31.5 Å². The Morgan fingerprint density at radius 1 is 0.438 bits per heavy atom. The number of rotatable bonds is 63. The van der Waals surface area contributed by atoms with E-state index in [0.29, 0.717) is 17.4 Å². The third-order valence-electron chi connectivity index (χ3n) is 15.5. The summed E-state index contributed by atoms with van der Waals surface area (Å²) in [6.07, 6.45) is 75.1. The van der Waals surface area contributed by atoms with Crippen molar-refractivity contribution in [3.63, 3.8) is 0 Å². The van der Waals surface area contributed by atoms with E-state index >= 15 is 0 Å². The minimum atomic E-state index is -4.70. The molecule has 0 aliphatic heterocycles. The van der Waals surface area contributed by atoms with Crippen LogP contribution in [0.5, 0.6) is 0 Å². The van der Waals surface area contributed by atoms with Crippen LogP contribution in [0.1, 0.15) is 335 Å². The van der Waals surface area contributed by atoms with Gasteiger partial charge in [0.25, 0.3) is 7.82 Å². The van der Waals surface area contributed by atoms with Gasteiger partial charge < -0.3 is 28.5 Å². The number of nitrogens with one attached hydrogen (secondary N) is 1. The zero-order valence-electron chi connectivity index (χ0n) is 53.8. The van der Waals surface area contributed by atoms with Crippen LogP contribution < -0.4 is 10.2 Å². The molecule has 0 bridgehead atoms. The Bertz CT molecular complexity index is 1510. The third-order valence-corrected chi connectivity index (χ3v) is 16.5. The van der Waals surface area contributed by atoms with E-state index in [1.54, 1.807) is 0 Å². The largest absolute Gasteiger partial charge is 0.756 e. The number of ether oxygens (including phenoxy) is 1. The van der Waals surface area contributed by atoms with Gasteiger partial charge in [-0.05, 0) is 70.3 Å². The van der Waals surface area contributed by atoms with Crippen LogP contribution in [0, 0.1) is 0 Å². The van der Waals surface area contributed by atoms with Crippen molar-refractivity contribution in [2.45, 2.75) is 348 Å². The molecule has 0 saturated carbocycles. The maximum atomic E-state index is 13.6. The van der Waals surface area contributed by atoms with Crippen molar-refractivity contribution in [1.82, 2.24) is 5.32 Å². The molecule has 0 radical (unpaired) electrons. The molecule has 10 heteroatoms. The summed E-state index contributed by atoms with van der Waals surface area (Å²) in [6.45, 7) is 6.86. The molecule has 0 aromatic heterocycles. The number of phosphoric acid groups is 1. The molecule has 0 aromatic rings. The molecule has 0 aliphatic carbocycles. The van der Waals surface area contributed by atoms with Gasteiger partial charge in [-0.25, -0.2) is 0 Å². The van der Waals surface area contributed by atoms with E-state index in [2.05, 4.69) is 62.5 Å². The molecule has 0 aromatic carbocycles. The highest BCUT2D eigenvalue weighted by Crippen LogP contribution is 2.38. The van der Waals surface area contributed by atoms with Crippen molar-refractivity contribution < 1.29 is 37.3 Å². The summed E-state index contributed by atoms with van der Waals surface area (Å²) in [5.74, 6) is -0.534. The average Bonchev–Trinajstić information content (AvgIpc) is 3.42. The second-order valence-corrected chi connectivity index (χ2v) is 26.1. The van der Waals surface area contributed by atoms with Gasteiger partial charge in [0, 0.05) is 12.8 Å². The molecule has 1 N–H and O–H groups in total. The SMILES string of the molecule is CCCCC/C=C\C/C=C\C/C=C\CCCCCCCCCCC(=O)OC(/C=C/CCCCCCCCCCCC)C(COP(=O)([O-])OCC[N+](C)(C)C)NC(=O)CCCCCCCCCCCCCCCCCCCCCCC. The van der Waals surface area contributed by atoms with Crippen molar-refractivity contribution in [2.24, 2.45) is 0 Å². The van der Waals surface area contributed by atoms with Gasteiger partial charge in [-0.1, -0.05) is 301 Å². The zero-order chi connectivity index (χ0) is 58.6. The Kier molecular flexibility index (Phi) is 58.6. The van der Waals surface area contributed by atoms with Crippen LogP contribution >= 0.6 is 7.82 Å². The number of unbranched alkanes of at least 4 members (excludes halogenated alkanes) is 41. The molecule has 0 fully saturated rings. The molecule has 0 rings (SSSR count). The molecule has 3 unspecified atom stereocenters. The fourth-order valence-corrected chi connectivity index (χ4v) is 10.9. The first-order valence-corrected chi connectivity index (χ1v) is 35.9. The molecule has 470 valence electrons. The minimum Gasteiger partial charge on any atom is -0.756 e. The Morgan fingerprint density at radius 3 is 1.16 bits per heavy atom. The fourth-order valence-electron chi connectivity index (χ4n) is 10.2. The highest BCUT2D eigenvalue weighted by atomic mass is 31.2. The first-order valence-electron chi connectivity index (χ1n) is 34.4. The number of likely N-dealkylation sites (N-methyl/N-ethyl adjacent to an activating group) is 1. The number of carbonyl (C=O) groups excluding carboxylic acids is 2. The summed E-state index contributed by atoms with van der Waals surface area (Å²) in [5.41, 5.74) is 0. The lowest BCUT2D eigenvalue weighted by atomic mass is 10.0. The minimum absolute atomic E-state index is 0.0220. The second kappa shape index (κ2) is 60.1. The molecule has 9 nitrogen and oxygen atoms in total. The summed E-state index contributed by atoms with van der Waals surface area (Å²) < 4.78 is 30.4. The Hall–Kier alpha value is -2.03. The van der Waals surface area contributed by atoms with Gasteiger partial charge >= 0.3 is 5.97 Å². The summed E-state index contributed by atoms with van der Waals surface area (Å²) >= 11 is 0. The van der Waals surface area contributed by atoms with Crippen LogP contribution in [0.25, 0.3) is 0 Å². The van der Waals surface area contributed by atoms with Gasteiger partial charge in [-0.3, -0.25) is 14.2 Å². The molecule has 0 aliphatic rings. The number of hydrogen-bond acceptors (Lipinski definition) is 7. The maximum Gasteiger partial charge on any atom is 0.306 e. The fraction of sp³-hybridized carbons (Fsp3) is 0.857. The van der Waals surface area contributed by atoms with Crippen molar-refractivity contribution in [3.05, 3.63) is 48.6 Å². The van der Waals surface area contributed by atoms with E-state index in [0.717, 1.165) is 83.5 Å². The molecule has 0 spiro atoms. The zero-order valence-corrected chi connectivity index (χ0v) is 54.7. The van der Waals surface area contributed by atoms with Crippen molar-refractivity contribution in [2.75, 3.05) is 40.9 Å². The predicted octanol–water partition coefficient (Wildman–Crippen LogP) is 21.0. The molecular formula is C70H133N2O7P. The standard InChI is InChI=1S/C70H133N2O7P/c1-7-10-13-16-19-22-25-28-30-32-34-36-38-40-42-44-47-50-53-56-59-62-69(73)71-67(66-78-80(75,76)77-65-64-72(4,5)6)68(61-58-55-52-49-46-27-24-21-18-15-12-9-3)79-70(74)63-60-57-54-51-48-45-43-41-39-37-35-33-31-29-26-23-20-17-14-11-8-2/h20,23,29,31,35,37,58,61,67-68H,7-19,21-22,24-28,30,32-34,36,38-57,59-60,62-66H2,1-6H3,(H-,71,73,75,76)/b23-20-,31-29-,37-35-,61-58+. The Labute approximate surface area is 497 Å². The van der Waals surface area contributed by atoms with Gasteiger partial charge in [-0.15, -0.1) is 0 Å². The van der Waals surface area contributed by atoms with Crippen LogP contribution in [-0.2, 0) is 27.9 Å². The molecule has 80 heavy (non-hydrogen) atoms. The average molecular weight is 1150 g/mol. The number of carbonyl (C=O) groups is 2. The maximum absolute atomic E-state index is 13.6. The molecule has 0 heterocycles. The number of amides is 1. The first kappa shape index (κ1) is 78.0. The topological polar surface area (TPSA) is 114 Å². The lowest BCUT2D eigenvalue weighted by Crippen LogP contribution is -2.47. The van der Waals surface area contributed by atoms with Gasteiger partial charge in [0.05, 0.1) is 33.8 Å². The summed E-state index contributed by atoms with van der Waals surface area (Å²) in [5, 5.41) is 3.04. The smallest absolute Gasteiger partial charge is 0.306 e. The lowest BCUT2D eigenvalue weighted by Gasteiger charge is -2.30. The van der Waals surface area contributed by atoms with E-state index in [9.17, 15) is 19.0 Å². The van der Waals surface area contributed by atoms with Crippen LogP contribution in [0.3, 0.4) is 0 Å². The quantitative estimate of drug-likeness (QED) is 0.0212. The van der Waals surface area contributed by atoms with Gasteiger partial charge in [0.2, 0.25) is 5.91 Å².